The van der Waals surface area contributed by atoms with Crippen LogP contribution in [0.3, 0.4) is 0 Å². The summed E-state index contributed by atoms with van der Waals surface area (Å²) in [5, 5.41) is 0. The van der Waals surface area contributed by atoms with E-state index in [1.165, 1.54) is 11.3 Å². The van der Waals surface area contributed by atoms with Crippen molar-refractivity contribution in [2.45, 2.75) is 19.3 Å². The number of ketones is 1. The average Bonchev–Trinajstić information content (AvgIpc) is 2.52. The lowest BCUT2D eigenvalue weighted by Crippen LogP contribution is -1.95. The molecule has 0 radical (unpaired) electrons. The number of hydrogen-bond acceptors (Lipinski definition) is 3. The summed E-state index contributed by atoms with van der Waals surface area (Å²) >= 11 is 4.73. The highest BCUT2D eigenvalue weighted by atomic mass is 79.9. The van der Waals surface area contributed by atoms with Crippen molar-refractivity contribution >= 4 is 39.3 Å². The zero-order chi connectivity index (χ0) is 9.68. The first-order chi connectivity index (χ1) is 6.24. The highest BCUT2D eigenvalue weighted by Crippen LogP contribution is 2.23. The molecule has 0 unspecified atom stereocenters. The molecule has 0 aromatic carbocycles. The number of carbonyl (C=O) groups excluding carboxylic acids is 2. The van der Waals surface area contributed by atoms with Crippen molar-refractivity contribution in [2.24, 2.45) is 0 Å². The van der Waals surface area contributed by atoms with Gasteiger partial charge in [0.05, 0.1) is 8.66 Å². The predicted octanol–water partition coefficient (Wildman–Crippen LogP) is 3.06. The molecular weight excluding hydrogens is 252 g/mol. The van der Waals surface area contributed by atoms with Gasteiger partial charge in [-0.05, 0) is 34.5 Å². The monoisotopic (exact) mass is 260 g/mol. The molecule has 1 aromatic rings. The van der Waals surface area contributed by atoms with Crippen molar-refractivity contribution in [3.05, 3.63) is 20.8 Å². The Morgan fingerprint density at radius 1 is 1.54 bits per heavy atom. The highest BCUT2D eigenvalue weighted by molar-refractivity contribution is 9.11. The number of aldehydes is 1. The molecule has 0 aliphatic rings. The lowest BCUT2D eigenvalue weighted by Gasteiger charge is -1.93. The lowest BCUT2D eigenvalue weighted by atomic mass is 10.1. The van der Waals surface area contributed by atoms with Crippen molar-refractivity contribution in [1.82, 2.24) is 0 Å². The number of thiophene rings is 1. The molecule has 1 aromatic heterocycles. The third-order valence-electron chi connectivity index (χ3n) is 1.57. The summed E-state index contributed by atoms with van der Waals surface area (Å²) in [7, 11) is 0. The third-order valence-corrected chi connectivity index (χ3v) is 3.24. The lowest BCUT2D eigenvalue weighted by molar-refractivity contribution is -0.107. The van der Waals surface area contributed by atoms with Gasteiger partial charge in [0.25, 0.3) is 0 Å². The van der Waals surface area contributed by atoms with Crippen LogP contribution in [0.1, 0.15) is 28.9 Å². The van der Waals surface area contributed by atoms with E-state index in [0.29, 0.717) is 19.3 Å². The maximum absolute atomic E-state index is 11.4. The summed E-state index contributed by atoms with van der Waals surface area (Å²) in [5.74, 6) is 0.123. The topological polar surface area (TPSA) is 34.1 Å². The number of halogens is 1. The molecule has 4 heteroatoms. The second kappa shape index (κ2) is 5.29. The van der Waals surface area contributed by atoms with E-state index in [1.54, 1.807) is 6.07 Å². The standard InChI is InChI=1S/C9H9BrO2S/c10-9-5-4-8(13-9)7(12)3-1-2-6-11/h4-6H,1-3H2. The summed E-state index contributed by atoms with van der Waals surface area (Å²) in [6, 6.07) is 3.66. The predicted molar refractivity (Wildman–Crippen MR) is 56.3 cm³/mol. The number of carbonyl (C=O) groups is 2. The summed E-state index contributed by atoms with van der Waals surface area (Å²) in [5.41, 5.74) is 0. The normalized spacial score (nSPS) is 9.92. The molecule has 0 spiro atoms. The van der Waals surface area contributed by atoms with Crippen LogP contribution >= 0.6 is 27.3 Å². The van der Waals surface area contributed by atoms with E-state index in [4.69, 9.17) is 0 Å². The van der Waals surface area contributed by atoms with Gasteiger partial charge in [0.1, 0.15) is 6.29 Å². The molecule has 0 amide bonds. The van der Waals surface area contributed by atoms with E-state index in [9.17, 15) is 9.59 Å². The highest BCUT2D eigenvalue weighted by Gasteiger charge is 2.07. The summed E-state index contributed by atoms with van der Waals surface area (Å²) in [6.45, 7) is 0. The fourth-order valence-electron chi connectivity index (χ4n) is 0.933. The number of Topliss-reactive ketones (excluding diaryl/α,β-unsaturated/α-hetero) is 1. The van der Waals surface area contributed by atoms with E-state index in [2.05, 4.69) is 15.9 Å². The van der Waals surface area contributed by atoms with Gasteiger partial charge < -0.3 is 4.79 Å². The Hall–Kier alpha value is -0.480. The molecule has 0 bridgehead atoms. The van der Waals surface area contributed by atoms with Crippen molar-refractivity contribution in [1.29, 1.82) is 0 Å². The molecule has 13 heavy (non-hydrogen) atoms. The molecule has 0 aliphatic carbocycles. The Morgan fingerprint density at radius 2 is 2.31 bits per heavy atom. The smallest absolute Gasteiger partial charge is 0.172 e. The van der Waals surface area contributed by atoms with Crippen LogP contribution < -0.4 is 0 Å². The van der Waals surface area contributed by atoms with Crippen LogP contribution in [0.15, 0.2) is 15.9 Å². The SMILES string of the molecule is O=CCCCC(=O)c1ccc(Br)s1. The van der Waals surface area contributed by atoms with Gasteiger partial charge in [-0.2, -0.15) is 0 Å². The van der Waals surface area contributed by atoms with Crippen LogP contribution in [-0.2, 0) is 4.79 Å². The van der Waals surface area contributed by atoms with Crippen molar-refractivity contribution < 1.29 is 9.59 Å². The molecular formula is C9H9BrO2S. The van der Waals surface area contributed by atoms with Crippen molar-refractivity contribution in [2.75, 3.05) is 0 Å². The molecule has 1 rings (SSSR count). The van der Waals surface area contributed by atoms with E-state index >= 15 is 0 Å². The van der Waals surface area contributed by atoms with Gasteiger partial charge in [0.15, 0.2) is 5.78 Å². The molecule has 0 fully saturated rings. The Balaban J connectivity index is 2.44. The van der Waals surface area contributed by atoms with Gasteiger partial charge in [-0.1, -0.05) is 0 Å². The fourth-order valence-corrected chi connectivity index (χ4v) is 2.29. The van der Waals surface area contributed by atoms with Gasteiger partial charge in [-0.15, -0.1) is 11.3 Å². The maximum atomic E-state index is 11.4. The molecule has 2 nitrogen and oxygen atoms in total. The molecule has 0 saturated carbocycles. The summed E-state index contributed by atoms with van der Waals surface area (Å²) in [6.07, 6.45) is 2.43. The van der Waals surface area contributed by atoms with Crippen molar-refractivity contribution in [3.63, 3.8) is 0 Å². The van der Waals surface area contributed by atoms with Crippen LogP contribution in [0.4, 0.5) is 0 Å². The summed E-state index contributed by atoms with van der Waals surface area (Å²) < 4.78 is 0.964. The Bertz CT molecular complexity index is 306. The quantitative estimate of drug-likeness (QED) is 0.463. The minimum atomic E-state index is 0.123. The van der Waals surface area contributed by atoms with E-state index in [1.807, 2.05) is 6.07 Å². The van der Waals surface area contributed by atoms with Crippen LogP contribution in [0.5, 0.6) is 0 Å². The maximum Gasteiger partial charge on any atom is 0.172 e. The molecule has 70 valence electrons. The van der Waals surface area contributed by atoms with Gasteiger partial charge >= 0.3 is 0 Å². The van der Waals surface area contributed by atoms with Gasteiger partial charge in [0.2, 0.25) is 0 Å². The minimum Gasteiger partial charge on any atom is -0.303 e. The fraction of sp³-hybridized carbons (Fsp3) is 0.333. The molecule has 1 heterocycles. The minimum absolute atomic E-state index is 0.123. The van der Waals surface area contributed by atoms with E-state index < -0.39 is 0 Å². The zero-order valence-electron chi connectivity index (χ0n) is 6.96. The Labute approximate surface area is 89.1 Å². The number of rotatable bonds is 5. The van der Waals surface area contributed by atoms with Crippen LogP contribution in [0.25, 0.3) is 0 Å². The number of unbranched alkanes of at least 4 members (excludes halogenated alkanes) is 1. The third kappa shape index (κ3) is 3.40. The molecule has 0 saturated heterocycles. The van der Waals surface area contributed by atoms with Crippen LogP contribution in [-0.4, -0.2) is 12.1 Å². The number of hydrogen-bond donors (Lipinski definition) is 0. The molecule has 0 N–H and O–H groups in total. The second-order valence-corrected chi connectivity index (χ2v) is 5.05. The van der Waals surface area contributed by atoms with Crippen molar-refractivity contribution in [3.8, 4) is 0 Å². The van der Waals surface area contributed by atoms with Crippen LogP contribution in [0, 0.1) is 0 Å². The summed E-state index contributed by atoms with van der Waals surface area (Å²) in [4.78, 5) is 22.2. The zero-order valence-corrected chi connectivity index (χ0v) is 9.36. The molecule has 0 aliphatic heterocycles. The molecule has 0 atom stereocenters. The Kier molecular flexibility index (Phi) is 4.32. The van der Waals surface area contributed by atoms with Gasteiger partial charge in [-0.3, -0.25) is 4.79 Å². The van der Waals surface area contributed by atoms with E-state index in [-0.39, 0.29) is 5.78 Å². The second-order valence-electron chi connectivity index (χ2n) is 2.59. The Morgan fingerprint density at radius 3 is 2.85 bits per heavy atom. The largest absolute Gasteiger partial charge is 0.303 e. The first-order valence-electron chi connectivity index (χ1n) is 3.96. The van der Waals surface area contributed by atoms with Gasteiger partial charge in [-0.25, -0.2) is 0 Å². The average molecular weight is 261 g/mol. The van der Waals surface area contributed by atoms with Gasteiger partial charge in [0, 0.05) is 12.8 Å². The first-order valence-corrected chi connectivity index (χ1v) is 5.57. The van der Waals surface area contributed by atoms with Crippen LogP contribution in [0.2, 0.25) is 0 Å². The first kappa shape index (κ1) is 10.6. The van der Waals surface area contributed by atoms with E-state index in [0.717, 1.165) is 14.9 Å².